The Kier molecular flexibility index (Phi) is 3.64. The van der Waals surface area contributed by atoms with Crippen molar-refractivity contribution in [2.45, 2.75) is 38.3 Å². The highest BCUT2D eigenvalue weighted by atomic mass is 16.1. The molecule has 2 aromatic heterocycles. The molecule has 1 fully saturated rings. The van der Waals surface area contributed by atoms with Gasteiger partial charge < -0.3 is 10.6 Å². The Labute approximate surface area is 117 Å². The fourth-order valence-electron chi connectivity index (χ4n) is 2.67. The van der Waals surface area contributed by atoms with Crippen molar-refractivity contribution < 1.29 is 4.79 Å². The van der Waals surface area contributed by atoms with E-state index in [-0.39, 0.29) is 11.9 Å². The van der Waals surface area contributed by atoms with Crippen LogP contribution in [-0.4, -0.2) is 33.1 Å². The molecule has 6 nitrogen and oxygen atoms in total. The molecule has 2 atom stereocenters. The van der Waals surface area contributed by atoms with Gasteiger partial charge >= 0.3 is 0 Å². The molecule has 6 heteroatoms. The molecule has 3 heterocycles. The third-order valence-electron chi connectivity index (χ3n) is 3.70. The van der Waals surface area contributed by atoms with Gasteiger partial charge in [0.2, 0.25) is 5.91 Å². The van der Waals surface area contributed by atoms with Gasteiger partial charge in [-0.15, -0.1) is 10.2 Å². The average Bonchev–Trinajstić information content (AvgIpc) is 3.07. The predicted octanol–water partition coefficient (Wildman–Crippen LogP) is 1.05. The number of nitrogens with zero attached hydrogens (tertiary/aromatic N) is 3. The van der Waals surface area contributed by atoms with E-state index in [1.54, 1.807) is 0 Å². The fraction of sp³-hybridized carbons (Fsp3) is 0.500. The minimum Gasteiger partial charge on any atom is -0.346 e. The first-order valence-corrected chi connectivity index (χ1v) is 7.06. The van der Waals surface area contributed by atoms with Gasteiger partial charge in [-0.05, 0) is 38.4 Å². The largest absolute Gasteiger partial charge is 0.346 e. The fourth-order valence-corrected chi connectivity index (χ4v) is 2.67. The molecule has 20 heavy (non-hydrogen) atoms. The standard InChI is InChI=1S/C14H19N5O/c1-10(16-13(20)9-11-5-4-7-15-11)14-18-17-12-6-2-3-8-19(12)14/h2-3,6,8,10-11,15H,4-5,7,9H2,1H3,(H,16,20). The minimum absolute atomic E-state index is 0.0598. The molecule has 0 aliphatic carbocycles. The van der Waals surface area contributed by atoms with E-state index in [2.05, 4.69) is 20.8 Å². The normalized spacial score (nSPS) is 20.1. The molecule has 3 rings (SSSR count). The van der Waals surface area contributed by atoms with E-state index in [4.69, 9.17) is 0 Å². The van der Waals surface area contributed by atoms with Crippen LogP contribution in [0.3, 0.4) is 0 Å². The van der Waals surface area contributed by atoms with Crippen LogP contribution in [0.2, 0.25) is 0 Å². The Bertz CT molecular complexity index is 602. The van der Waals surface area contributed by atoms with Crippen LogP contribution in [-0.2, 0) is 4.79 Å². The van der Waals surface area contributed by atoms with Crippen LogP contribution < -0.4 is 10.6 Å². The number of hydrogen-bond donors (Lipinski definition) is 2. The van der Waals surface area contributed by atoms with Crippen molar-refractivity contribution in [2.24, 2.45) is 0 Å². The number of fused-ring (bicyclic) bond motifs is 1. The second-order valence-electron chi connectivity index (χ2n) is 5.27. The van der Waals surface area contributed by atoms with Crippen molar-refractivity contribution in [3.8, 4) is 0 Å². The molecule has 0 bridgehead atoms. The Hall–Kier alpha value is -1.95. The van der Waals surface area contributed by atoms with E-state index < -0.39 is 0 Å². The Balaban J connectivity index is 1.66. The topological polar surface area (TPSA) is 71.3 Å². The van der Waals surface area contributed by atoms with Gasteiger partial charge in [0.05, 0.1) is 6.04 Å². The van der Waals surface area contributed by atoms with Crippen LogP contribution in [0.1, 0.15) is 38.1 Å². The number of nitrogens with one attached hydrogen (secondary N) is 2. The minimum atomic E-state index is -0.152. The molecule has 0 saturated carbocycles. The maximum atomic E-state index is 12.0. The first kappa shape index (κ1) is 13.1. The van der Waals surface area contributed by atoms with Crippen LogP contribution in [0, 0.1) is 0 Å². The lowest BCUT2D eigenvalue weighted by atomic mass is 10.1. The van der Waals surface area contributed by atoms with Gasteiger partial charge in [0.25, 0.3) is 0 Å². The van der Waals surface area contributed by atoms with Crippen molar-refractivity contribution in [1.29, 1.82) is 0 Å². The highest BCUT2D eigenvalue weighted by molar-refractivity contribution is 5.77. The number of hydrogen-bond acceptors (Lipinski definition) is 4. The summed E-state index contributed by atoms with van der Waals surface area (Å²) in [7, 11) is 0. The molecule has 0 aromatic carbocycles. The third-order valence-corrected chi connectivity index (χ3v) is 3.70. The summed E-state index contributed by atoms with van der Waals surface area (Å²) in [5, 5.41) is 14.6. The van der Waals surface area contributed by atoms with E-state index in [0.717, 1.165) is 30.9 Å². The second kappa shape index (κ2) is 5.58. The van der Waals surface area contributed by atoms with Crippen molar-refractivity contribution in [3.05, 3.63) is 30.2 Å². The molecule has 1 saturated heterocycles. The van der Waals surface area contributed by atoms with E-state index in [9.17, 15) is 4.79 Å². The summed E-state index contributed by atoms with van der Waals surface area (Å²) < 4.78 is 1.90. The van der Waals surface area contributed by atoms with Crippen molar-refractivity contribution in [1.82, 2.24) is 25.2 Å². The van der Waals surface area contributed by atoms with Crippen LogP contribution in [0.15, 0.2) is 24.4 Å². The lowest BCUT2D eigenvalue weighted by Crippen LogP contribution is -2.33. The first-order chi connectivity index (χ1) is 9.74. The highest BCUT2D eigenvalue weighted by Crippen LogP contribution is 2.13. The summed E-state index contributed by atoms with van der Waals surface area (Å²) in [6, 6.07) is 5.91. The van der Waals surface area contributed by atoms with Crippen molar-refractivity contribution in [3.63, 3.8) is 0 Å². The zero-order chi connectivity index (χ0) is 13.9. The smallest absolute Gasteiger partial charge is 0.222 e. The van der Waals surface area contributed by atoms with Crippen LogP contribution in [0.25, 0.3) is 5.65 Å². The average molecular weight is 273 g/mol. The number of carbonyl (C=O) groups is 1. The first-order valence-electron chi connectivity index (χ1n) is 7.06. The van der Waals surface area contributed by atoms with E-state index in [1.165, 1.54) is 0 Å². The Morgan fingerprint density at radius 2 is 2.45 bits per heavy atom. The zero-order valence-corrected chi connectivity index (χ0v) is 11.5. The molecule has 0 radical (unpaired) electrons. The van der Waals surface area contributed by atoms with Gasteiger partial charge in [-0.2, -0.15) is 0 Å². The Morgan fingerprint density at radius 1 is 1.55 bits per heavy atom. The summed E-state index contributed by atoms with van der Waals surface area (Å²) in [5.74, 6) is 0.818. The summed E-state index contributed by atoms with van der Waals surface area (Å²) in [6.45, 7) is 2.95. The zero-order valence-electron chi connectivity index (χ0n) is 11.5. The quantitative estimate of drug-likeness (QED) is 0.873. The Morgan fingerprint density at radius 3 is 3.25 bits per heavy atom. The van der Waals surface area contributed by atoms with Crippen LogP contribution in [0.4, 0.5) is 0 Å². The molecule has 106 valence electrons. The second-order valence-corrected chi connectivity index (χ2v) is 5.27. The maximum absolute atomic E-state index is 12.0. The molecule has 1 aliphatic rings. The summed E-state index contributed by atoms with van der Waals surface area (Å²) >= 11 is 0. The maximum Gasteiger partial charge on any atom is 0.222 e. The lowest BCUT2D eigenvalue weighted by Gasteiger charge is -2.14. The molecule has 2 N–H and O–H groups in total. The highest BCUT2D eigenvalue weighted by Gasteiger charge is 2.20. The van der Waals surface area contributed by atoms with Gasteiger partial charge in [-0.3, -0.25) is 9.20 Å². The summed E-state index contributed by atoms with van der Waals surface area (Å²) in [5.41, 5.74) is 0.793. The van der Waals surface area contributed by atoms with Crippen LogP contribution in [0.5, 0.6) is 0 Å². The van der Waals surface area contributed by atoms with Gasteiger partial charge in [0, 0.05) is 18.7 Å². The molecular weight excluding hydrogens is 254 g/mol. The number of rotatable bonds is 4. The predicted molar refractivity (Wildman–Crippen MR) is 75.2 cm³/mol. The molecule has 2 unspecified atom stereocenters. The molecule has 2 aromatic rings. The summed E-state index contributed by atoms with van der Waals surface area (Å²) in [4.78, 5) is 12.0. The van der Waals surface area contributed by atoms with Crippen molar-refractivity contribution in [2.75, 3.05) is 6.54 Å². The van der Waals surface area contributed by atoms with Crippen molar-refractivity contribution >= 4 is 11.6 Å². The van der Waals surface area contributed by atoms with E-state index in [1.807, 2.05) is 35.7 Å². The summed E-state index contributed by atoms with van der Waals surface area (Å²) in [6.07, 6.45) is 4.67. The lowest BCUT2D eigenvalue weighted by molar-refractivity contribution is -0.122. The number of aromatic nitrogens is 3. The van der Waals surface area contributed by atoms with Gasteiger partial charge in [0.1, 0.15) is 0 Å². The number of amides is 1. The SMILES string of the molecule is CC(NC(=O)CC1CCCN1)c1nnc2ccccn12. The monoisotopic (exact) mass is 273 g/mol. The van der Waals surface area contributed by atoms with Gasteiger partial charge in [-0.25, -0.2) is 0 Å². The third kappa shape index (κ3) is 2.65. The molecule has 1 aliphatic heterocycles. The van der Waals surface area contributed by atoms with E-state index >= 15 is 0 Å². The van der Waals surface area contributed by atoms with Gasteiger partial charge in [-0.1, -0.05) is 6.07 Å². The molecular formula is C14H19N5O. The number of carbonyl (C=O) groups excluding carboxylic acids is 1. The van der Waals surface area contributed by atoms with E-state index in [0.29, 0.717) is 12.5 Å². The van der Waals surface area contributed by atoms with Crippen LogP contribution >= 0.6 is 0 Å². The number of pyridine rings is 1. The molecule has 1 amide bonds. The van der Waals surface area contributed by atoms with Gasteiger partial charge in [0.15, 0.2) is 11.5 Å². The molecule has 0 spiro atoms.